The number of nitrogens with zero attached hydrogens (tertiary/aromatic N) is 3. The Labute approximate surface area is 136 Å². The van der Waals surface area contributed by atoms with Gasteiger partial charge in [-0.1, -0.05) is 0 Å². The van der Waals surface area contributed by atoms with Crippen molar-refractivity contribution in [1.29, 1.82) is 0 Å². The summed E-state index contributed by atoms with van der Waals surface area (Å²) in [4.78, 5) is 14.8. The maximum atomic E-state index is 14.0. The highest BCUT2D eigenvalue weighted by atomic mass is 19.1. The minimum Gasteiger partial charge on any atom is -0.378 e. The lowest BCUT2D eigenvalue weighted by atomic mass is 9.99. The quantitative estimate of drug-likeness (QED) is 0.644. The average Bonchev–Trinajstić information content (AvgIpc) is 2.48. The lowest BCUT2D eigenvalue weighted by Gasteiger charge is -2.35. The summed E-state index contributed by atoms with van der Waals surface area (Å²) in [6.45, 7) is 9.24. The van der Waals surface area contributed by atoms with Gasteiger partial charge in [0.15, 0.2) is 5.82 Å². The van der Waals surface area contributed by atoms with Gasteiger partial charge in [-0.3, -0.25) is 10.1 Å². The Morgan fingerprint density at radius 2 is 1.96 bits per heavy atom. The van der Waals surface area contributed by atoms with E-state index in [2.05, 4.69) is 22.2 Å². The molecule has 0 radical (unpaired) electrons. The van der Waals surface area contributed by atoms with Crippen LogP contribution in [-0.4, -0.2) is 60.0 Å². The van der Waals surface area contributed by atoms with Crippen LogP contribution in [0, 0.1) is 15.9 Å². The third kappa shape index (κ3) is 5.14. The van der Waals surface area contributed by atoms with Crippen molar-refractivity contribution >= 4 is 11.4 Å². The smallest absolute Gasteiger partial charge is 0.272 e. The molecule has 7 heteroatoms. The monoisotopic (exact) mass is 324 g/mol. The van der Waals surface area contributed by atoms with Crippen LogP contribution in [0.4, 0.5) is 15.8 Å². The van der Waals surface area contributed by atoms with E-state index in [4.69, 9.17) is 0 Å². The zero-order valence-electron chi connectivity index (χ0n) is 14.0. The maximum absolute atomic E-state index is 14.0. The average molecular weight is 324 g/mol. The maximum Gasteiger partial charge on any atom is 0.272 e. The second kappa shape index (κ2) is 7.23. The van der Waals surface area contributed by atoms with E-state index >= 15 is 0 Å². The molecule has 0 saturated carbocycles. The van der Waals surface area contributed by atoms with E-state index in [-0.39, 0.29) is 11.2 Å². The molecule has 1 fully saturated rings. The number of anilines is 1. The molecule has 1 aliphatic rings. The summed E-state index contributed by atoms with van der Waals surface area (Å²) in [5, 5.41) is 13.8. The first-order valence-corrected chi connectivity index (χ1v) is 7.90. The SMILES string of the molecule is CN1CCN(CCC(C)(C)Nc2ccc([N+](=O)[O-])cc2F)CC1. The van der Waals surface area contributed by atoms with E-state index in [9.17, 15) is 14.5 Å². The lowest BCUT2D eigenvalue weighted by Crippen LogP contribution is -2.46. The van der Waals surface area contributed by atoms with E-state index in [1.807, 2.05) is 13.8 Å². The third-order valence-corrected chi connectivity index (χ3v) is 4.29. The first-order valence-electron chi connectivity index (χ1n) is 7.90. The Balaban J connectivity index is 1.91. The topological polar surface area (TPSA) is 61.6 Å². The van der Waals surface area contributed by atoms with Crippen molar-refractivity contribution in [1.82, 2.24) is 9.80 Å². The first-order chi connectivity index (χ1) is 10.8. The fourth-order valence-corrected chi connectivity index (χ4v) is 2.66. The van der Waals surface area contributed by atoms with Crippen molar-refractivity contribution in [3.05, 3.63) is 34.1 Å². The molecule has 1 aromatic rings. The molecular formula is C16H25FN4O2. The van der Waals surface area contributed by atoms with Gasteiger partial charge >= 0.3 is 0 Å². The predicted octanol–water partition coefficient (Wildman–Crippen LogP) is 2.56. The number of nitrogens with one attached hydrogen (secondary N) is 1. The summed E-state index contributed by atoms with van der Waals surface area (Å²) < 4.78 is 14.0. The van der Waals surface area contributed by atoms with E-state index in [0.29, 0.717) is 5.69 Å². The van der Waals surface area contributed by atoms with Crippen LogP contribution in [0.3, 0.4) is 0 Å². The minimum atomic E-state index is -0.592. The van der Waals surface area contributed by atoms with Gasteiger partial charge in [0.1, 0.15) is 0 Å². The number of likely N-dealkylation sites (N-methyl/N-ethyl adjacent to an activating group) is 1. The number of hydrogen-bond acceptors (Lipinski definition) is 5. The number of nitro groups is 1. The highest BCUT2D eigenvalue weighted by Crippen LogP contribution is 2.25. The molecule has 0 aliphatic carbocycles. The molecule has 0 amide bonds. The number of piperazine rings is 1. The zero-order chi connectivity index (χ0) is 17.0. The number of non-ortho nitro benzene ring substituents is 1. The predicted molar refractivity (Wildman–Crippen MR) is 89.3 cm³/mol. The van der Waals surface area contributed by atoms with Crippen LogP contribution in [-0.2, 0) is 0 Å². The van der Waals surface area contributed by atoms with Gasteiger partial charge in [0.25, 0.3) is 5.69 Å². The van der Waals surface area contributed by atoms with Crippen LogP contribution in [0.15, 0.2) is 18.2 Å². The molecule has 1 aromatic carbocycles. The Bertz CT molecular complexity index is 557. The van der Waals surface area contributed by atoms with Crippen molar-refractivity contribution in [2.24, 2.45) is 0 Å². The second-order valence-electron chi connectivity index (χ2n) is 6.83. The third-order valence-electron chi connectivity index (χ3n) is 4.29. The summed E-state index contributed by atoms with van der Waals surface area (Å²) in [5.74, 6) is -0.591. The fourth-order valence-electron chi connectivity index (χ4n) is 2.66. The van der Waals surface area contributed by atoms with Gasteiger partial charge in [-0.15, -0.1) is 0 Å². The molecule has 1 heterocycles. The molecular weight excluding hydrogens is 299 g/mol. The van der Waals surface area contributed by atoms with Crippen LogP contribution >= 0.6 is 0 Å². The van der Waals surface area contributed by atoms with Gasteiger partial charge in [0, 0.05) is 44.3 Å². The second-order valence-corrected chi connectivity index (χ2v) is 6.83. The molecule has 2 rings (SSSR count). The Morgan fingerprint density at radius 3 is 2.52 bits per heavy atom. The molecule has 0 unspecified atom stereocenters. The summed E-state index contributed by atoms with van der Waals surface area (Å²) in [6, 6.07) is 3.71. The molecule has 1 saturated heterocycles. The highest BCUT2D eigenvalue weighted by Gasteiger charge is 2.22. The van der Waals surface area contributed by atoms with Crippen LogP contribution in [0.25, 0.3) is 0 Å². The first kappa shape index (κ1) is 17.6. The Morgan fingerprint density at radius 1 is 1.30 bits per heavy atom. The largest absolute Gasteiger partial charge is 0.378 e. The summed E-state index contributed by atoms with van der Waals surface area (Å²) in [5.41, 5.74) is -0.220. The highest BCUT2D eigenvalue weighted by molar-refractivity contribution is 5.51. The van der Waals surface area contributed by atoms with E-state index < -0.39 is 10.7 Å². The summed E-state index contributed by atoms with van der Waals surface area (Å²) in [6.07, 6.45) is 0.868. The molecule has 128 valence electrons. The summed E-state index contributed by atoms with van der Waals surface area (Å²) >= 11 is 0. The number of halogens is 1. The lowest BCUT2D eigenvalue weighted by molar-refractivity contribution is -0.385. The molecule has 0 aromatic heterocycles. The number of nitro benzene ring substituents is 1. The van der Waals surface area contributed by atoms with Crippen LogP contribution < -0.4 is 5.32 Å². The van der Waals surface area contributed by atoms with E-state index in [1.165, 1.54) is 12.1 Å². The number of benzene rings is 1. The molecule has 23 heavy (non-hydrogen) atoms. The minimum absolute atomic E-state index is 0.233. The van der Waals surface area contributed by atoms with E-state index in [0.717, 1.165) is 45.2 Å². The molecule has 0 atom stereocenters. The number of rotatable bonds is 6. The van der Waals surface area contributed by atoms with Gasteiger partial charge in [-0.2, -0.15) is 0 Å². The van der Waals surface area contributed by atoms with Crippen molar-refractivity contribution in [2.75, 3.05) is 45.1 Å². The number of hydrogen-bond donors (Lipinski definition) is 1. The molecule has 6 nitrogen and oxygen atoms in total. The Kier molecular flexibility index (Phi) is 5.54. The van der Waals surface area contributed by atoms with Crippen molar-refractivity contribution in [2.45, 2.75) is 25.8 Å². The molecule has 0 bridgehead atoms. The van der Waals surface area contributed by atoms with Gasteiger partial charge in [-0.05, 0) is 33.4 Å². The normalized spacial score (nSPS) is 17.2. The van der Waals surface area contributed by atoms with E-state index in [1.54, 1.807) is 0 Å². The van der Waals surface area contributed by atoms with Crippen molar-refractivity contribution in [3.8, 4) is 0 Å². The summed E-state index contributed by atoms with van der Waals surface area (Å²) in [7, 11) is 2.13. The molecule has 0 spiro atoms. The van der Waals surface area contributed by atoms with Gasteiger partial charge in [-0.25, -0.2) is 4.39 Å². The fraction of sp³-hybridized carbons (Fsp3) is 0.625. The molecule has 1 aliphatic heterocycles. The van der Waals surface area contributed by atoms with Gasteiger partial charge < -0.3 is 15.1 Å². The Hall–Kier alpha value is -1.73. The van der Waals surface area contributed by atoms with Crippen molar-refractivity contribution < 1.29 is 9.31 Å². The molecule has 1 N–H and O–H groups in total. The van der Waals surface area contributed by atoms with Crippen LogP contribution in [0.1, 0.15) is 20.3 Å². The standard InChI is InChI=1S/C16H25FN4O2/c1-16(2,6-7-20-10-8-19(3)9-11-20)18-15-5-4-13(21(22)23)12-14(15)17/h4-5,12,18H,6-11H2,1-3H3. The van der Waals surface area contributed by atoms with Crippen molar-refractivity contribution in [3.63, 3.8) is 0 Å². The van der Waals surface area contributed by atoms with Crippen LogP contribution in [0.2, 0.25) is 0 Å². The van der Waals surface area contributed by atoms with Gasteiger partial charge in [0.2, 0.25) is 0 Å². The van der Waals surface area contributed by atoms with Crippen LogP contribution in [0.5, 0.6) is 0 Å². The zero-order valence-corrected chi connectivity index (χ0v) is 14.0. The van der Waals surface area contributed by atoms with Gasteiger partial charge in [0.05, 0.1) is 16.7 Å².